The molecule has 0 saturated heterocycles. The molecule has 678 valence electrons. The van der Waals surface area contributed by atoms with Crippen molar-refractivity contribution >= 4 is 173 Å². The molecule has 6 N–H and O–H groups in total. The van der Waals surface area contributed by atoms with E-state index in [1.807, 2.05) is 115 Å². The summed E-state index contributed by atoms with van der Waals surface area (Å²) in [5, 5.41) is 6.59. The van der Waals surface area contributed by atoms with Gasteiger partial charge in [0.25, 0.3) is 47.8 Å². The van der Waals surface area contributed by atoms with E-state index in [2.05, 4.69) is 29.1 Å². The van der Waals surface area contributed by atoms with Crippen LogP contribution in [-0.4, -0.2) is 84.4 Å². The fourth-order valence-electron chi connectivity index (χ4n) is 14.3. The van der Waals surface area contributed by atoms with Crippen molar-refractivity contribution in [2.45, 2.75) is 102 Å². The third kappa shape index (κ3) is 25.0. The number of hydrogen-bond acceptors (Lipinski definition) is 16. The predicted octanol–water partition coefficient (Wildman–Crippen LogP) is 25.7. The van der Waals surface area contributed by atoms with Crippen LogP contribution in [0.4, 0.5) is 0 Å². The molecular formula is C98H86Cl8N6O16S3. The second-order valence-electron chi connectivity index (χ2n) is 30.3. The number of fused-ring (bicyclic) bond motifs is 3. The van der Waals surface area contributed by atoms with Crippen molar-refractivity contribution in [3.05, 3.63) is 344 Å². The number of amides is 3. The molecule has 0 saturated carbocycles. The van der Waals surface area contributed by atoms with Gasteiger partial charge in [-0.05, 0) is 331 Å². The van der Waals surface area contributed by atoms with Crippen molar-refractivity contribution in [2.24, 2.45) is 0 Å². The van der Waals surface area contributed by atoms with Gasteiger partial charge in [0.05, 0.1) is 51.2 Å². The van der Waals surface area contributed by atoms with Gasteiger partial charge in [0.15, 0.2) is 0 Å². The average molecular weight is 1980 g/mol. The number of ether oxygens (including phenoxy) is 7. The maximum atomic E-state index is 13.4. The molecule has 15 aromatic rings. The third-order valence-corrected chi connectivity index (χ3v) is 27.9. The highest BCUT2D eigenvalue weighted by Gasteiger charge is 2.29. The molecule has 15 rings (SSSR count). The van der Waals surface area contributed by atoms with Crippen molar-refractivity contribution in [1.82, 2.24) is 29.1 Å². The number of benzene rings is 12. The van der Waals surface area contributed by atoms with Crippen LogP contribution in [0.3, 0.4) is 0 Å². The van der Waals surface area contributed by atoms with E-state index in [1.165, 1.54) is 72.8 Å². The molecule has 0 aliphatic carbocycles. The van der Waals surface area contributed by atoms with Gasteiger partial charge in [-0.2, -0.15) is 0 Å². The fourth-order valence-corrected chi connectivity index (χ4v) is 18.3. The van der Waals surface area contributed by atoms with Gasteiger partial charge in [-0.25, -0.2) is 39.4 Å². The van der Waals surface area contributed by atoms with E-state index in [4.69, 9.17) is 126 Å². The van der Waals surface area contributed by atoms with Crippen LogP contribution in [0.2, 0.25) is 40.2 Å². The Labute approximate surface area is 798 Å². The highest BCUT2D eigenvalue weighted by molar-refractivity contribution is 7.90. The summed E-state index contributed by atoms with van der Waals surface area (Å²) < 4.78 is 126. The largest absolute Gasteiger partial charge is 0.494 e. The minimum atomic E-state index is -4.22. The van der Waals surface area contributed by atoms with Crippen molar-refractivity contribution in [2.75, 3.05) is 26.4 Å². The Morgan fingerprint density at radius 3 is 0.870 bits per heavy atom. The minimum Gasteiger partial charge on any atom is -0.494 e. The molecule has 0 spiro atoms. The number of sulfonamides is 3. The molecule has 0 fully saturated rings. The van der Waals surface area contributed by atoms with Crippen molar-refractivity contribution in [3.63, 3.8) is 0 Å². The smallest absolute Gasteiger partial charge is 0.281 e. The van der Waals surface area contributed by atoms with E-state index < -0.39 is 47.8 Å². The van der Waals surface area contributed by atoms with Gasteiger partial charge in [0, 0.05) is 68.9 Å². The lowest BCUT2D eigenvalue weighted by atomic mass is 10.1. The van der Waals surface area contributed by atoms with Crippen LogP contribution in [0.1, 0.15) is 108 Å². The number of para-hydroxylation sites is 1. The van der Waals surface area contributed by atoms with E-state index in [9.17, 15) is 39.6 Å². The van der Waals surface area contributed by atoms with Crippen LogP contribution in [0.5, 0.6) is 57.5 Å². The van der Waals surface area contributed by atoms with Crippen LogP contribution in [0, 0.1) is 41.5 Å². The quantitative estimate of drug-likeness (QED) is 0.0214. The van der Waals surface area contributed by atoms with Crippen LogP contribution >= 0.6 is 92.8 Å². The molecule has 3 heterocycles. The SMILES string of the molecule is CCOc1ccc(Oc2ccc(S(=O)(=O)NC(=O)c3[nH]c4cc(Cl)ccc4c3CCCOc3cc(C)c(Cl)c(C)c3)cc2)cc1.Cc1cc(OCCCc2c(C(=O)NS(=O)(=O)c3ccc(Oc4ccc(Cl)c(Cl)c4)cc3)[nH]c3cc(Cl)ccc23)cc(C)c1Cl.Cc1cc(OCCCc2c(C(=O)NS(=O)(=O)c3ccc(Oc4ccccc4)cc3)[nH]c3cc(Cl)ccc23)cc(C)c1Cl. The molecule has 0 aliphatic heterocycles. The van der Waals surface area contributed by atoms with Crippen molar-refractivity contribution in [3.8, 4) is 57.5 Å². The number of aromatic nitrogens is 3. The number of aryl methyl sites for hydroxylation is 9. The number of carbonyl (C=O) groups is 3. The van der Waals surface area contributed by atoms with Gasteiger partial charge in [0.2, 0.25) is 0 Å². The Balaban J connectivity index is 0.000000167. The molecule has 12 aromatic carbocycles. The zero-order valence-electron chi connectivity index (χ0n) is 71.4. The Morgan fingerprint density at radius 2 is 0.573 bits per heavy atom. The lowest BCUT2D eigenvalue weighted by molar-refractivity contribution is 0.0967. The number of aromatic amines is 3. The van der Waals surface area contributed by atoms with Crippen LogP contribution < -0.4 is 47.3 Å². The number of carbonyl (C=O) groups excluding carboxylic acids is 3. The predicted molar refractivity (Wildman–Crippen MR) is 518 cm³/mol. The molecule has 22 nitrogen and oxygen atoms in total. The lowest BCUT2D eigenvalue weighted by Gasteiger charge is -2.11. The molecule has 0 unspecified atom stereocenters. The van der Waals surface area contributed by atoms with Gasteiger partial charge < -0.3 is 48.1 Å². The molecule has 0 radical (unpaired) electrons. The first-order valence-electron chi connectivity index (χ1n) is 40.9. The molecule has 33 heteroatoms. The number of H-pyrrole nitrogens is 3. The van der Waals surface area contributed by atoms with E-state index >= 15 is 0 Å². The molecule has 3 amide bonds. The summed E-state index contributed by atoms with van der Waals surface area (Å²) in [4.78, 5) is 49.1. The van der Waals surface area contributed by atoms with E-state index in [1.54, 1.807) is 97.1 Å². The fraction of sp³-hybridized carbons (Fsp3) is 0.173. The Kier molecular flexibility index (Phi) is 32.0. The normalized spacial score (nSPS) is 11.4. The molecule has 0 bridgehead atoms. The first-order valence-corrected chi connectivity index (χ1v) is 48.4. The molecule has 3 aromatic heterocycles. The van der Waals surface area contributed by atoms with Gasteiger partial charge in [-0.15, -0.1) is 0 Å². The standard InChI is InChI=1S/C34H32Cl2N2O6S.C32H26Cl4N2O5S.C32H28Cl2N2O5S/c1-4-42-24-8-10-25(11-9-24)44-26-12-14-28(15-13-26)45(40,41)38-34(39)33-30(29-16-7-23(35)20-31(29)37-33)6-5-17-43-27-18-21(2)32(36)22(3)19-27;1-18-14-23(15-19(2)30(18)36)42-13-3-4-26-25-11-5-20(33)16-29(25)37-31(26)32(39)38-44(40,41)24-9-6-21(7-10-24)43-22-8-12-27(34)28(35)17-22;1-20-17-25(18-21(2)30(20)34)40-16-6-9-28-27-15-10-22(33)19-29(27)35-31(28)32(37)36-42(38,39)26-13-11-24(12-14-26)41-23-7-4-3-5-8-23/h7-16,18-20,37H,4-6,17H2,1-3H3,(H,38,39);5-12,14-17,37H,3-4,13H2,1-2H3,(H,38,39);3-5,7-8,10-15,17-19,35H,6,9,16H2,1-2H3,(H,36,37). The third-order valence-electron chi connectivity index (χ3n) is 20.6. The number of nitrogens with one attached hydrogen (secondary N) is 6. The number of rotatable bonds is 32. The maximum Gasteiger partial charge on any atom is 0.281 e. The Bertz CT molecular complexity index is 7040. The maximum absolute atomic E-state index is 13.4. The van der Waals surface area contributed by atoms with E-state index in [-0.39, 0.29) is 31.8 Å². The van der Waals surface area contributed by atoms with E-state index in [0.717, 1.165) is 55.3 Å². The number of hydrogen-bond donors (Lipinski definition) is 6. The highest BCUT2D eigenvalue weighted by Crippen LogP contribution is 2.37. The van der Waals surface area contributed by atoms with Gasteiger partial charge >= 0.3 is 0 Å². The van der Waals surface area contributed by atoms with Crippen LogP contribution in [0.25, 0.3) is 32.7 Å². The van der Waals surface area contributed by atoms with Gasteiger partial charge in [-0.3, -0.25) is 14.4 Å². The summed E-state index contributed by atoms with van der Waals surface area (Å²) in [7, 11) is -12.6. The lowest BCUT2D eigenvalue weighted by Crippen LogP contribution is -2.31. The van der Waals surface area contributed by atoms with Crippen LogP contribution in [-0.2, 0) is 49.3 Å². The zero-order valence-corrected chi connectivity index (χ0v) is 79.9. The number of halogens is 8. The van der Waals surface area contributed by atoms with Gasteiger partial charge in [-0.1, -0.05) is 129 Å². The Hall–Kier alpha value is -11.6. The minimum absolute atomic E-state index is 0.0704. The second-order valence-corrected chi connectivity index (χ2v) is 38.6. The molecular weight excluding hydrogens is 1900 g/mol. The zero-order chi connectivity index (χ0) is 93.6. The monoisotopic (exact) mass is 1980 g/mol. The van der Waals surface area contributed by atoms with E-state index in [0.29, 0.717) is 190 Å². The molecule has 0 aliphatic rings. The van der Waals surface area contributed by atoms with Crippen molar-refractivity contribution < 1.29 is 72.8 Å². The topological polar surface area (TPSA) is 302 Å². The second kappa shape index (κ2) is 43.2. The summed E-state index contributed by atoms with van der Waals surface area (Å²) in [6.07, 6.45) is 3.06. The first kappa shape index (κ1) is 97.0. The summed E-state index contributed by atoms with van der Waals surface area (Å²) in [5.74, 6) is 3.38. The summed E-state index contributed by atoms with van der Waals surface area (Å²) in [5.41, 5.74) is 9.84. The summed E-state index contributed by atoms with van der Waals surface area (Å²) in [6.45, 7) is 15.1. The van der Waals surface area contributed by atoms with Crippen molar-refractivity contribution in [1.29, 1.82) is 0 Å². The average Bonchev–Trinajstić information content (AvgIpc) is 1.64. The first-order chi connectivity index (χ1) is 62.5. The van der Waals surface area contributed by atoms with Gasteiger partial charge in [0.1, 0.15) is 74.6 Å². The van der Waals surface area contributed by atoms with Crippen LogP contribution in [0.15, 0.2) is 251 Å². The summed E-state index contributed by atoms with van der Waals surface area (Å²) in [6, 6.07) is 65.2. The molecule has 0 atom stereocenters. The molecule has 131 heavy (non-hydrogen) atoms. The highest BCUT2D eigenvalue weighted by atomic mass is 35.5. The Morgan fingerprint density at radius 1 is 0.298 bits per heavy atom. The summed E-state index contributed by atoms with van der Waals surface area (Å²) >= 11 is 49.3.